The Hall–Kier alpha value is -2.57. The van der Waals surface area contributed by atoms with Crippen LogP contribution in [0.5, 0.6) is 0 Å². The molecule has 0 bridgehead atoms. The zero-order valence-corrected chi connectivity index (χ0v) is 13.1. The van der Waals surface area contributed by atoms with Crippen molar-refractivity contribution in [3.8, 4) is 11.5 Å². The number of carboxylic acid groups (broad SMARTS) is 1. The lowest BCUT2D eigenvalue weighted by Crippen LogP contribution is -2.38. The molecule has 7 nitrogen and oxygen atoms in total. The molecule has 1 aliphatic carbocycles. The van der Waals surface area contributed by atoms with Gasteiger partial charge in [0.05, 0.1) is 5.92 Å². The zero-order valence-electron chi connectivity index (χ0n) is 13.1. The van der Waals surface area contributed by atoms with Crippen molar-refractivity contribution in [1.82, 2.24) is 15.1 Å². The van der Waals surface area contributed by atoms with E-state index in [2.05, 4.69) is 10.2 Å². The first kappa shape index (κ1) is 15.3. The van der Waals surface area contributed by atoms with Crippen LogP contribution in [0.2, 0.25) is 0 Å². The van der Waals surface area contributed by atoms with Crippen molar-refractivity contribution in [2.24, 2.45) is 5.92 Å². The van der Waals surface area contributed by atoms with Crippen LogP contribution in [-0.4, -0.2) is 44.7 Å². The molecule has 1 fully saturated rings. The number of aromatic amines is 1. The standard InChI is InChI=1S/C16H19N3O4/c1-9(16(21)22)8-19(11-4-5-11)15(20)13-7-12(17-18-13)14-6-3-10(2)23-14/h3,6-7,9,11H,4-5,8H2,1-2H3,(H,17,18)(H,21,22). The number of aliphatic carboxylic acids is 1. The normalized spacial score (nSPS) is 15.4. The first-order valence-electron chi connectivity index (χ1n) is 7.61. The van der Waals surface area contributed by atoms with Gasteiger partial charge in [0.1, 0.15) is 11.5 Å². The molecule has 2 heterocycles. The fraction of sp³-hybridized carbons (Fsp3) is 0.438. The van der Waals surface area contributed by atoms with Crippen LogP contribution in [0.4, 0.5) is 0 Å². The molecule has 122 valence electrons. The molecule has 1 unspecified atom stereocenters. The Labute approximate surface area is 133 Å². The molecule has 0 aromatic carbocycles. The van der Waals surface area contributed by atoms with E-state index < -0.39 is 11.9 Å². The minimum absolute atomic E-state index is 0.121. The van der Waals surface area contributed by atoms with E-state index in [0.717, 1.165) is 18.6 Å². The van der Waals surface area contributed by atoms with Crippen molar-refractivity contribution in [3.63, 3.8) is 0 Å². The number of carbonyl (C=O) groups is 2. The lowest BCUT2D eigenvalue weighted by molar-refractivity contribution is -0.141. The van der Waals surface area contributed by atoms with Crippen LogP contribution in [0, 0.1) is 12.8 Å². The lowest BCUT2D eigenvalue weighted by Gasteiger charge is -2.23. The first-order valence-corrected chi connectivity index (χ1v) is 7.61. The van der Waals surface area contributed by atoms with Crippen LogP contribution in [0.1, 0.15) is 36.0 Å². The number of amides is 1. The second-order valence-corrected chi connectivity index (χ2v) is 6.01. The second-order valence-electron chi connectivity index (χ2n) is 6.01. The van der Waals surface area contributed by atoms with Gasteiger partial charge in [-0.2, -0.15) is 5.10 Å². The summed E-state index contributed by atoms with van der Waals surface area (Å²) in [6.45, 7) is 3.64. The molecule has 0 radical (unpaired) electrons. The number of carbonyl (C=O) groups excluding carboxylic acids is 1. The number of H-pyrrole nitrogens is 1. The average Bonchev–Trinajstić information content (AvgIpc) is 3.06. The van der Waals surface area contributed by atoms with E-state index in [-0.39, 0.29) is 24.2 Å². The summed E-state index contributed by atoms with van der Waals surface area (Å²) in [6.07, 6.45) is 1.82. The third kappa shape index (κ3) is 3.28. The number of furan rings is 1. The minimum Gasteiger partial charge on any atom is -0.481 e. The molecule has 3 rings (SSSR count). The Bertz CT molecular complexity index is 729. The van der Waals surface area contributed by atoms with E-state index in [0.29, 0.717) is 11.5 Å². The monoisotopic (exact) mass is 317 g/mol. The van der Waals surface area contributed by atoms with Gasteiger partial charge in [0.15, 0.2) is 11.5 Å². The Balaban J connectivity index is 1.78. The van der Waals surface area contributed by atoms with Gasteiger partial charge < -0.3 is 14.4 Å². The topological polar surface area (TPSA) is 99.4 Å². The Kier molecular flexibility index (Phi) is 3.94. The second kappa shape index (κ2) is 5.91. The summed E-state index contributed by atoms with van der Waals surface area (Å²) in [6, 6.07) is 5.40. The first-order chi connectivity index (χ1) is 11.0. The lowest BCUT2D eigenvalue weighted by atomic mass is 10.1. The molecule has 0 aliphatic heterocycles. The van der Waals surface area contributed by atoms with E-state index in [1.54, 1.807) is 17.9 Å². The van der Waals surface area contributed by atoms with Crippen molar-refractivity contribution >= 4 is 11.9 Å². The highest BCUT2D eigenvalue weighted by molar-refractivity contribution is 5.94. The van der Waals surface area contributed by atoms with Gasteiger partial charge in [0.25, 0.3) is 5.91 Å². The SMILES string of the molecule is Cc1ccc(-c2cc(C(=O)N(CC(C)C(=O)O)C3CC3)n[nH]2)o1. The van der Waals surface area contributed by atoms with Crippen LogP contribution in [0.15, 0.2) is 22.6 Å². The number of aryl methyl sites for hydroxylation is 1. The summed E-state index contributed by atoms with van der Waals surface area (Å²) in [5, 5.41) is 15.9. The van der Waals surface area contributed by atoms with Crippen molar-refractivity contribution in [2.45, 2.75) is 32.7 Å². The molecular weight excluding hydrogens is 298 g/mol. The van der Waals surface area contributed by atoms with Crippen molar-refractivity contribution in [1.29, 1.82) is 0 Å². The van der Waals surface area contributed by atoms with Crippen LogP contribution >= 0.6 is 0 Å². The van der Waals surface area contributed by atoms with Crippen LogP contribution in [0.3, 0.4) is 0 Å². The molecule has 1 amide bonds. The van der Waals surface area contributed by atoms with Gasteiger partial charge in [0, 0.05) is 18.7 Å². The number of nitrogens with zero attached hydrogens (tertiary/aromatic N) is 2. The van der Waals surface area contributed by atoms with Crippen molar-refractivity contribution < 1.29 is 19.1 Å². The van der Waals surface area contributed by atoms with Crippen molar-refractivity contribution in [3.05, 3.63) is 29.7 Å². The third-order valence-corrected chi connectivity index (χ3v) is 3.94. The number of hydrogen-bond acceptors (Lipinski definition) is 4. The fourth-order valence-electron chi connectivity index (χ4n) is 2.44. The van der Waals surface area contributed by atoms with Gasteiger partial charge in [-0.05, 0) is 31.9 Å². The molecule has 7 heteroatoms. The highest BCUT2D eigenvalue weighted by atomic mass is 16.4. The van der Waals surface area contributed by atoms with Gasteiger partial charge in [-0.25, -0.2) is 0 Å². The summed E-state index contributed by atoms with van der Waals surface area (Å²) in [5.41, 5.74) is 0.905. The molecule has 2 aromatic rings. The summed E-state index contributed by atoms with van der Waals surface area (Å²) in [7, 11) is 0. The summed E-state index contributed by atoms with van der Waals surface area (Å²) >= 11 is 0. The molecule has 0 saturated heterocycles. The molecule has 23 heavy (non-hydrogen) atoms. The Morgan fingerprint density at radius 3 is 2.78 bits per heavy atom. The van der Waals surface area contributed by atoms with E-state index in [1.807, 2.05) is 19.1 Å². The highest BCUT2D eigenvalue weighted by Gasteiger charge is 2.35. The number of carboxylic acids is 1. The van der Waals surface area contributed by atoms with E-state index in [4.69, 9.17) is 9.52 Å². The Morgan fingerprint density at radius 1 is 1.48 bits per heavy atom. The molecule has 0 spiro atoms. The van der Waals surface area contributed by atoms with Gasteiger partial charge >= 0.3 is 5.97 Å². The highest BCUT2D eigenvalue weighted by Crippen LogP contribution is 2.29. The predicted molar refractivity (Wildman–Crippen MR) is 81.9 cm³/mol. The summed E-state index contributed by atoms with van der Waals surface area (Å²) in [4.78, 5) is 25.3. The Morgan fingerprint density at radius 2 is 2.22 bits per heavy atom. The quantitative estimate of drug-likeness (QED) is 0.851. The predicted octanol–water partition coefficient (Wildman–Crippen LogP) is 2.30. The minimum atomic E-state index is -0.905. The summed E-state index contributed by atoms with van der Waals surface area (Å²) in [5.74, 6) is -0.363. The van der Waals surface area contributed by atoms with Crippen LogP contribution in [-0.2, 0) is 4.79 Å². The molecule has 1 aliphatic rings. The fourth-order valence-corrected chi connectivity index (χ4v) is 2.44. The molecule has 2 N–H and O–H groups in total. The maximum atomic E-state index is 12.7. The van der Waals surface area contributed by atoms with Gasteiger partial charge in [-0.3, -0.25) is 14.7 Å². The number of hydrogen-bond donors (Lipinski definition) is 2. The third-order valence-electron chi connectivity index (χ3n) is 3.94. The van der Waals surface area contributed by atoms with Gasteiger partial charge in [0.2, 0.25) is 0 Å². The maximum Gasteiger partial charge on any atom is 0.308 e. The van der Waals surface area contributed by atoms with Gasteiger partial charge in [-0.1, -0.05) is 6.92 Å². The number of rotatable bonds is 6. The van der Waals surface area contributed by atoms with Crippen LogP contribution < -0.4 is 0 Å². The molecule has 1 saturated carbocycles. The average molecular weight is 317 g/mol. The van der Waals surface area contributed by atoms with Crippen LogP contribution in [0.25, 0.3) is 11.5 Å². The largest absolute Gasteiger partial charge is 0.481 e. The van der Waals surface area contributed by atoms with E-state index in [9.17, 15) is 9.59 Å². The molecule has 2 aromatic heterocycles. The smallest absolute Gasteiger partial charge is 0.308 e. The van der Waals surface area contributed by atoms with E-state index in [1.165, 1.54) is 0 Å². The number of aromatic nitrogens is 2. The molecular formula is C16H19N3O4. The summed E-state index contributed by atoms with van der Waals surface area (Å²) < 4.78 is 5.51. The number of nitrogens with one attached hydrogen (secondary N) is 1. The maximum absolute atomic E-state index is 12.7. The molecule has 1 atom stereocenters. The van der Waals surface area contributed by atoms with Gasteiger partial charge in [-0.15, -0.1) is 0 Å². The van der Waals surface area contributed by atoms with E-state index >= 15 is 0 Å². The van der Waals surface area contributed by atoms with Crippen molar-refractivity contribution in [2.75, 3.05) is 6.54 Å². The zero-order chi connectivity index (χ0) is 16.6.